The summed E-state index contributed by atoms with van der Waals surface area (Å²) in [6.45, 7) is 12.2. The van der Waals surface area contributed by atoms with E-state index < -0.39 is 66.0 Å². The van der Waals surface area contributed by atoms with Crippen molar-refractivity contribution in [3.8, 4) is 0 Å². The summed E-state index contributed by atoms with van der Waals surface area (Å²) in [6.07, 6.45) is -0.645. The minimum atomic E-state index is -1.63. The second kappa shape index (κ2) is 14.5. The Morgan fingerprint density at radius 2 is 1.68 bits per heavy atom. The minimum Gasteiger partial charge on any atom is -0.481 e. The number of hydrogen-bond donors (Lipinski definition) is 5. The topological polar surface area (TPSA) is 175 Å². The molecular weight excluding hydrogens is 528 g/mol. The van der Waals surface area contributed by atoms with Gasteiger partial charge in [0.15, 0.2) is 0 Å². The number of carbonyl (C=O) groups is 4. The number of fused-ring (bicyclic) bond motifs is 1. The molecule has 3 amide bonds. The Labute approximate surface area is 241 Å². The van der Waals surface area contributed by atoms with Gasteiger partial charge >= 0.3 is 12.1 Å². The minimum absolute atomic E-state index is 0.0585. The van der Waals surface area contributed by atoms with Gasteiger partial charge in [-0.3, -0.25) is 14.4 Å². The van der Waals surface area contributed by atoms with Gasteiger partial charge in [-0.05, 0) is 50.7 Å². The molecule has 1 unspecified atom stereocenters. The number of nitrogens with zero attached hydrogens (tertiary/aromatic N) is 1. The third-order valence-electron chi connectivity index (χ3n) is 7.43. The molecule has 1 heterocycles. The Bertz CT molecular complexity index is 1200. The molecule has 11 heteroatoms. The number of carboxylic acid groups (broad SMARTS) is 1. The molecule has 0 fully saturated rings. The summed E-state index contributed by atoms with van der Waals surface area (Å²) in [5.74, 6) is -3.24. The van der Waals surface area contributed by atoms with Gasteiger partial charge in [0.2, 0.25) is 5.91 Å². The number of aliphatic carboxylic acids is 1. The maximum atomic E-state index is 14.3. The van der Waals surface area contributed by atoms with E-state index in [1.54, 1.807) is 33.9 Å². The third-order valence-corrected chi connectivity index (χ3v) is 7.43. The number of imide groups is 1. The van der Waals surface area contributed by atoms with Crippen LogP contribution in [0.2, 0.25) is 0 Å². The van der Waals surface area contributed by atoms with Crippen LogP contribution >= 0.6 is 0 Å². The number of benzene rings is 1. The first-order valence-corrected chi connectivity index (χ1v) is 14.2. The fraction of sp³-hybridized carbons (Fsp3) is 0.600. The first kappa shape index (κ1) is 33.8. The normalized spacial score (nSPS) is 16.2. The highest BCUT2D eigenvalue weighted by Crippen LogP contribution is 2.26. The lowest BCUT2D eigenvalue weighted by molar-refractivity contribution is -0.145. The van der Waals surface area contributed by atoms with E-state index in [1.165, 1.54) is 0 Å². The number of aromatic amines is 1. The van der Waals surface area contributed by atoms with Crippen molar-refractivity contribution in [2.45, 2.75) is 104 Å². The van der Waals surface area contributed by atoms with Gasteiger partial charge < -0.3 is 31.0 Å². The van der Waals surface area contributed by atoms with Gasteiger partial charge in [0.1, 0.15) is 11.6 Å². The van der Waals surface area contributed by atoms with E-state index in [9.17, 15) is 29.4 Å². The van der Waals surface area contributed by atoms with Crippen molar-refractivity contribution in [2.24, 2.45) is 17.6 Å². The smallest absolute Gasteiger partial charge is 0.417 e. The molecule has 11 nitrogen and oxygen atoms in total. The summed E-state index contributed by atoms with van der Waals surface area (Å²) in [6, 6.07) is 3.99. The molecule has 6 N–H and O–H groups in total. The van der Waals surface area contributed by atoms with Crippen LogP contribution in [-0.2, 0) is 25.5 Å². The Kier molecular flexibility index (Phi) is 11.9. The molecule has 41 heavy (non-hydrogen) atoms. The van der Waals surface area contributed by atoms with Crippen LogP contribution in [0.3, 0.4) is 0 Å². The zero-order chi connectivity index (χ0) is 31.1. The third kappa shape index (κ3) is 9.02. The SMILES string of the molecule is CC[C@H](C)[C@H](N)C(=O)N[C@H](C(=O)N(C(=O)OC(C)(C)C)[C@@H](Cc1c[nH]c2ccccc12)C(O)CC(=O)O)[C@@H](C)CC. The first-order chi connectivity index (χ1) is 19.1. The van der Waals surface area contributed by atoms with Crippen molar-refractivity contribution in [2.75, 3.05) is 0 Å². The zero-order valence-corrected chi connectivity index (χ0v) is 25.1. The number of carbonyl (C=O) groups excluding carboxylic acids is 3. The number of nitrogens with one attached hydrogen (secondary N) is 2. The van der Waals surface area contributed by atoms with E-state index in [1.807, 2.05) is 45.0 Å². The fourth-order valence-corrected chi connectivity index (χ4v) is 4.53. The highest BCUT2D eigenvalue weighted by molar-refractivity contribution is 5.98. The molecule has 0 saturated heterocycles. The second-order valence-electron chi connectivity index (χ2n) is 11.8. The lowest BCUT2D eigenvalue weighted by Gasteiger charge is -2.37. The number of amides is 3. The molecule has 0 aliphatic rings. The van der Waals surface area contributed by atoms with E-state index in [0.717, 1.165) is 15.8 Å². The quantitative estimate of drug-likeness (QED) is 0.241. The van der Waals surface area contributed by atoms with E-state index in [-0.39, 0.29) is 12.3 Å². The average Bonchev–Trinajstić information content (AvgIpc) is 3.31. The molecule has 0 spiro atoms. The molecule has 2 aromatic rings. The summed E-state index contributed by atoms with van der Waals surface area (Å²) < 4.78 is 5.60. The van der Waals surface area contributed by atoms with Crippen molar-refractivity contribution < 1.29 is 34.1 Å². The largest absolute Gasteiger partial charge is 0.481 e. The van der Waals surface area contributed by atoms with Crippen molar-refractivity contribution >= 4 is 34.8 Å². The Morgan fingerprint density at radius 1 is 1.07 bits per heavy atom. The van der Waals surface area contributed by atoms with Crippen LogP contribution in [0.25, 0.3) is 10.9 Å². The van der Waals surface area contributed by atoms with Crippen molar-refractivity contribution in [3.05, 3.63) is 36.0 Å². The monoisotopic (exact) mass is 574 g/mol. The maximum absolute atomic E-state index is 14.3. The number of nitrogens with two attached hydrogens (primary N) is 1. The average molecular weight is 575 g/mol. The van der Waals surface area contributed by atoms with Gasteiger partial charge in [0, 0.05) is 17.1 Å². The number of hydrogen-bond acceptors (Lipinski definition) is 7. The Balaban J connectivity index is 2.64. The van der Waals surface area contributed by atoms with E-state index in [2.05, 4.69) is 10.3 Å². The Hall–Kier alpha value is -3.44. The molecule has 6 atom stereocenters. The molecule has 1 aromatic carbocycles. The van der Waals surface area contributed by atoms with Crippen LogP contribution in [0.4, 0.5) is 4.79 Å². The number of aliphatic hydroxyl groups excluding tert-OH is 1. The van der Waals surface area contributed by atoms with Crippen LogP contribution < -0.4 is 11.1 Å². The van der Waals surface area contributed by atoms with Crippen molar-refractivity contribution in [1.82, 2.24) is 15.2 Å². The molecule has 0 aliphatic carbocycles. The predicted molar refractivity (Wildman–Crippen MR) is 156 cm³/mol. The number of ether oxygens (including phenoxy) is 1. The molecule has 0 saturated carbocycles. The molecule has 0 bridgehead atoms. The maximum Gasteiger partial charge on any atom is 0.417 e. The molecule has 1 aromatic heterocycles. The Morgan fingerprint density at radius 3 is 2.24 bits per heavy atom. The highest BCUT2D eigenvalue weighted by atomic mass is 16.6. The van der Waals surface area contributed by atoms with Gasteiger partial charge in [-0.2, -0.15) is 0 Å². The number of para-hydroxylation sites is 1. The summed E-state index contributed by atoms with van der Waals surface area (Å²) in [5, 5.41) is 24.2. The number of H-pyrrole nitrogens is 1. The number of aliphatic hydroxyl groups is 1. The summed E-state index contributed by atoms with van der Waals surface area (Å²) in [4.78, 5) is 56.7. The van der Waals surface area contributed by atoms with Gasteiger partial charge in [-0.15, -0.1) is 0 Å². The second-order valence-corrected chi connectivity index (χ2v) is 11.8. The van der Waals surface area contributed by atoms with Crippen LogP contribution in [0.1, 0.15) is 73.3 Å². The van der Waals surface area contributed by atoms with Gasteiger partial charge in [0.25, 0.3) is 5.91 Å². The van der Waals surface area contributed by atoms with Crippen molar-refractivity contribution in [3.63, 3.8) is 0 Å². The van der Waals surface area contributed by atoms with Crippen LogP contribution in [0, 0.1) is 11.8 Å². The van der Waals surface area contributed by atoms with E-state index in [0.29, 0.717) is 18.4 Å². The standard InChI is InChI=1S/C30H46N4O7/c1-8-17(3)25(31)27(38)33-26(18(4)9-2)28(39)34(29(40)41-30(5,6)7)22(23(35)15-24(36)37)14-19-16-32-21-13-11-10-12-20(19)21/h10-13,16-18,22-23,25-26,32,35H,8-9,14-15,31H2,1-7H3,(H,33,38)(H,36,37)/t17-,18-,22-,23?,25-,26-/m0/s1. The molecule has 0 aliphatic heterocycles. The van der Waals surface area contributed by atoms with Crippen LogP contribution in [-0.4, -0.2) is 73.8 Å². The highest BCUT2D eigenvalue weighted by Gasteiger charge is 2.43. The fourth-order valence-electron chi connectivity index (χ4n) is 4.53. The van der Waals surface area contributed by atoms with E-state index >= 15 is 0 Å². The zero-order valence-electron chi connectivity index (χ0n) is 25.1. The summed E-state index contributed by atoms with van der Waals surface area (Å²) >= 11 is 0. The van der Waals surface area contributed by atoms with Gasteiger partial charge in [-0.25, -0.2) is 9.69 Å². The number of aromatic nitrogens is 1. The first-order valence-electron chi connectivity index (χ1n) is 14.2. The summed E-state index contributed by atoms with van der Waals surface area (Å²) in [5.41, 5.74) is 6.61. The van der Waals surface area contributed by atoms with Gasteiger partial charge in [-0.1, -0.05) is 58.7 Å². The summed E-state index contributed by atoms with van der Waals surface area (Å²) in [7, 11) is 0. The number of carboxylic acids is 1. The lowest BCUT2D eigenvalue weighted by atomic mass is 9.92. The molecule has 2 rings (SSSR count). The van der Waals surface area contributed by atoms with Crippen molar-refractivity contribution in [1.29, 1.82) is 0 Å². The predicted octanol–water partition coefficient (Wildman–Crippen LogP) is 3.58. The lowest BCUT2D eigenvalue weighted by Crippen LogP contribution is -2.61. The molecule has 228 valence electrons. The molecule has 0 radical (unpaired) electrons. The number of rotatable bonds is 13. The van der Waals surface area contributed by atoms with Gasteiger partial charge in [0.05, 0.1) is 24.6 Å². The molecular formula is C30H46N4O7. The van der Waals surface area contributed by atoms with Crippen LogP contribution in [0.5, 0.6) is 0 Å². The van der Waals surface area contributed by atoms with Crippen LogP contribution in [0.15, 0.2) is 30.5 Å². The van der Waals surface area contributed by atoms with E-state index in [4.69, 9.17) is 10.5 Å².